The third-order valence-electron chi connectivity index (χ3n) is 7.02. The molecule has 1 aliphatic heterocycles. The number of aryl methyl sites for hydroxylation is 1. The van der Waals surface area contributed by atoms with Gasteiger partial charge >= 0.3 is 0 Å². The Hall–Kier alpha value is -2.57. The molecule has 0 bridgehead atoms. The summed E-state index contributed by atoms with van der Waals surface area (Å²) in [6.07, 6.45) is 12.5. The highest BCUT2D eigenvalue weighted by molar-refractivity contribution is 5.76. The molecule has 2 aliphatic carbocycles. The molecule has 1 N–H and O–H groups in total. The van der Waals surface area contributed by atoms with Crippen molar-refractivity contribution in [3.8, 4) is 11.5 Å². The Labute approximate surface area is 195 Å². The van der Waals surface area contributed by atoms with E-state index in [1.165, 1.54) is 37.7 Å². The first-order valence-electron chi connectivity index (χ1n) is 12.7. The predicted octanol–water partition coefficient (Wildman–Crippen LogP) is 4.74. The normalized spacial score (nSPS) is 19.3. The zero-order chi connectivity index (χ0) is 22.5. The van der Waals surface area contributed by atoms with E-state index in [0.29, 0.717) is 43.8 Å². The van der Waals surface area contributed by atoms with Crippen LogP contribution in [-0.2, 0) is 17.6 Å². The highest BCUT2D eigenvalue weighted by Gasteiger charge is 2.28. The number of hydrogen-bond donors (Lipinski definition) is 1. The van der Waals surface area contributed by atoms with Crippen molar-refractivity contribution in [3.05, 3.63) is 35.5 Å². The van der Waals surface area contributed by atoms with Crippen LogP contribution in [-0.4, -0.2) is 35.3 Å². The van der Waals surface area contributed by atoms with Crippen LogP contribution in [0.1, 0.15) is 87.4 Å². The SMILES string of the molecule is O=C(CCCc1nc(C2CC2)no1)NC(Cc1ccc2c(c1)OCCO2)CC1CCCCC1. The summed E-state index contributed by atoms with van der Waals surface area (Å²) in [4.78, 5) is 17.3. The third-order valence-corrected chi connectivity index (χ3v) is 7.02. The van der Waals surface area contributed by atoms with Gasteiger partial charge in [-0.3, -0.25) is 4.79 Å². The molecule has 2 fully saturated rings. The van der Waals surface area contributed by atoms with Crippen molar-refractivity contribution in [3.63, 3.8) is 0 Å². The molecular weight excluding hydrogens is 418 g/mol. The Morgan fingerprint density at radius 3 is 2.70 bits per heavy atom. The fourth-order valence-electron chi connectivity index (χ4n) is 5.09. The van der Waals surface area contributed by atoms with E-state index < -0.39 is 0 Å². The van der Waals surface area contributed by atoms with Crippen LogP contribution in [0.3, 0.4) is 0 Å². The molecule has 3 aliphatic rings. The monoisotopic (exact) mass is 453 g/mol. The summed E-state index contributed by atoms with van der Waals surface area (Å²) in [6, 6.07) is 6.29. The lowest BCUT2D eigenvalue weighted by Gasteiger charge is -2.28. The van der Waals surface area contributed by atoms with E-state index in [1.807, 2.05) is 6.07 Å². The summed E-state index contributed by atoms with van der Waals surface area (Å²) >= 11 is 0. The number of nitrogens with zero attached hydrogens (tertiary/aromatic N) is 2. The Kier molecular flexibility index (Phi) is 7.12. The van der Waals surface area contributed by atoms with Gasteiger partial charge in [-0.1, -0.05) is 43.3 Å². The number of nitrogens with one attached hydrogen (secondary N) is 1. The summed E-state index contributed by atoms with van der Waals surface area (Å²) in [7, 11) is 0. The van der Waals surface area contributed by atoms with E-state index in [1.54, 1.807) is 0 Å². The fourth-order valence-corrected chi connectivity index (χ4v) is 5.09. The van der Waals surface area contributed by atoms with Crippen molar-refractivity contribution < 1.29 is 18.8 Å². The lowest BCUT2D eigenvalue weighted by Crippen LogP contribution is -2.38. The van der Waals surface area contributed by atoms with Crippen molar-refractivity contribution in [1.82, 2.24) is 15.5 Å². The first-order valence-corrected chi connectivity index (χ1v) is 12.7. The molecule has 1 aromatic carbocycles. The molecule has 0 spiro atoms. The van der Waals surface area contributed by atoms with Crippen LogP contribution in [0.4, 0.5) is 0 Å². The van der Waals surface area contributed by atoms with E-state index >= 15 is 0 Å². The van der Waals surface area contributed by atoms with Crippen LogP contribution in [0.15, 0.2) is 22.7 Å². The number of aromatic nitrogens is 2. The second kappa shape index (κ2) is 10.6. The average Bonchev–Trinajstić information content (AvgIpc) is 3.58. The van der Waals surface area contributed by atoms with Gasteiger partial charge in [0.1, 0.15) is 13.2 Å². The second-order valence-electron chi connectivity index (χ2n) is 9.86. The van der Waals surface area contributed by atoms with Gasteiger partial charge in [-0.05, 0) is 55.7 Å². The molecule has 2 saturated carbocycles. The van der Waals surface area contributed by atoms with Crippen molar-refractivity contribution in [2.24, 2.45) is 5.92 Å². The molecule has 178 valence electrons. The molecule has 1 atom stereocenters. The Balaban J connectivity index is 1.15. The molecule has 1 aromatic heterocycles. The quantitative estimate of drug-likeness (QED) is 0.559. The number of carbonyl (C=O) groups excluding carboxylic acids is 1. The lowest BCUT2D eigenvalue weighted by atomic mass is 9.83. The highest BCUT2D eigenvalue weighted by atomic mass is 16.6. The number of carbonyl (C=O) groups is 1. The molecule has 5 rings (SSSR count). The summed E-state index contributed by atoms with van der Waals surface area (Å²) < 4.78 is 16.8. The van der Waals surface area contributed by atoms with E-state index in [0.717, 1.165) is 49.4 Å². The first kappa shape index (κ1) is 22.2. The predicted molar refractivity (Wildman–Crippen MR) is 123 cm³/mol. The maximum absolute atomic E-state index is 12.8. The van der Waals surface area contributed by atoms with Crippen LogP contribution < -0.4 is 14.8 Å². The fraction of sp³-hybridized carbons (Fsp3) is 0.654. The van der Waals surface area contributed by atoms with Crippen molar-refractivity contribution in [1.29, 1.82) is 0 Å². The first-order chi connectivity index (χ1) is 16.2. The van der Waals surface area contributed by atoms with Gasteiger partial charge in [0.2, 0.25) is 11.8 Å². The van der Waals surface area contributed by atoms with E-state index in [-0.39, 0.29) is 11.9 Å². The van der Waals surface area contributed by atoms with Crippen LogP contribution in [0.5, 0.6) is 11.5 Å². The third kappa shape index (κ3) is 6.27. The molecule has 0 saturated heterocycles. The van der Waals surface area contributed by atoms with Gasteiger partial charge < -0.3 is 19.3 Å². The Bertz CT molecular complexity index is 933. The van der Waals surface area contributed by atoms with Gasteiger partial charge in [-0.25, -0.2) is 0 Å². The zero-order valence-corrected chi connectivity index (χ0v) is 19.4. The summed E-state index contributed by atoms with van der Waals surface area (Å²) in [6.45, 7) is 1.18. The number of amides is 1. The van der Waals surface area contributed by atoms with Crippen molar-refractivity contribution >= 4 is 5.91 Å². The molecule has 7 nitrogen and oxygen atoms in total. The number of hydrogen-bond acceptors (Lipinski definition) is 6. The molecular formula is C26H35N3O4. The molecule has 2 aromatic rings. The molecule has 1 unspecified atom stereocenters. The maximum Gasteiger partial charge on any atom is 0.226 e. The largest absolute Gasteiger partial charge is 0.486 e. The topological polar surface area (TPSA) is 86.5 Å². The van der Waals surface area contributed by atoms with E-state index in [2.05, 4.69) is 27.6 Å². The number of fused-ring (bicyclic) bond motifs is 1. The molecule has 1 amide bonds. The number of benzene rings is 1. The number of rotatable bonds is 10. The molecule has 33 heavy (non-hydrogen) atoms. The van der Waals surface area contributed by atoms with E-state index in [4.69, 9.17) is 14.0 Å². The summed E-state index contributed by atoms with van der Waals surface area (Å²) in [5, 5.41) is 7.40. The van der Waals surface area contributed by atoms with Crippen LogP contribution in [0.2, 0.25) is 0 Å². The number of ether oxygens (including phenoxy) is 2. The summed E-state index contributed by atoms with van der Waals surface area (Å²) in [5.41, 5.74) is 1.18. The minimum atomic E-state index is 0.107. The van der Waals surface area contributed by atoms with Crippen molar-refractivity contribution in [2.75, 3.05) is 13.2 Å². The van der Waals surface area contributed by atoms with Crippen molar-refractivity contribution in [2.45, 2.75) is 89.0 Å². The molecule has 2 heterocycles. The van der Waals surface area contributed by atoms with Gasteiger partial charge in [-0.15, -0.1) is 0 Å². The minimum absolute atomic E-state index is 0.107. The summed E-state index contributed by atoms with van der Waals surface area (Å²) in [5.74, 6) is 4.40. The Morgan fingerprint density at radius 2 is 1.88 bits per heavy atom. The van der Waals surface area contributed by atoms with Crippen LogP contribution in [0, 0.1) is 5.92 Å². The van der Waals surface area contributed by atoms with Crippen LogP contribution >= 0.6 is 0 Å². The smallest absolute Gasteiger partial charge is 0.226 e. The van der Waals surface area contributed by atoms with Crippen LogP contribution in [0.25, 0.3) is 0 Å². The van der Waals surface area contributed by atoms with Gasteiger partial charge in [-0.2, -0.15) is 4.98 Å². The minimum Gasteiger partial charge on any atom is -0.486 e. The standard InChI is InChI=1S/C26H35N3O4/c30-24(7-4-8-25-28-26(29-33-25)20-10-11-20)27-21(15-18-5-2-1-3-6-18)16-19-9-12-22-23(17-19)32-14-13-31-22/h9,12,17-18,20-21H,1-8,10-11,13-16H2,(H,27,30). The molecule has 7 heteroatoms. The highest BCUT2D eigenvalue weighted by Crippen LogP contribution is 2.38. The average molecular weight is 454 g/mol. The van der Waals surface area contributed by atoms with Gasteiger partial charge in [0.25, 0.3) is 0 Å². The Morgan fingerprint density at radius 1 is 1.06 bits per heavy atom. The van der Waals surface area contributed by atoms with E-state index in [9.17, 15) is 4.79 Å². The maximum atomic E-state index is 12.8. The molecule has 0 radical (unpaired) electrons. The van der Waals surface area contributed by atoms with Gasteiger partial charge in [0, 0.05) is 24.8 Å². The second-order valence-corrected chi connectivity index (χ2v) is 9.86. The van der Waals surface area contributed by atoms with Gasteiger partial charge in [0.05, 0.1) is 0 Å². The lowest BCUT2D eigenvalue weighted by molar-refractivity contribution is -0.122. The zero-order valence-electron chi connectivity index (χ0n) is 19.4. The van der Waals surface area contributed by atoms with Gasteiger partial charge in [0.15, 0.2) is 17.3 Å².